The predicted molar refractivity (Wildman–Crippen MR) is 90.6 cm³/mol. The number of hydrogen-bond donors (Lipinski definition) is 0. The third-order valence-corrected chi connectivity index (χ3v) is 3.76. The van der Waals surface area contributed by atoms with Gasteiger partial charge in [0.15, 0.2) is 11.4 Å². The van der Waals surface area contributed by atoms with Gasteiger partial charge in [0, 0.05) is 17.5 Å². The minimum absolute atomic E-state index is 0.114. The number of esters is 1. The van der Waals surface area contributed by atoms with Gasteiger partial charge in [-0.05, 0) is 31.5 Å². The third-order valence-electron chi connectivity index (χ3n) is 3.52. The lowest BCUT2D eigenvalue weighted by molar-refractivity contribution is 0.0508. The van der Waals surface area contributed by atoms with Crippen molar-refractivity contribution < 1.29 is 14.3 Å². The van der Waals surface area contributed by atoms with Gasteiger partial charge in [-0.3, -0.25) is 4.79 Å². The Morgan fingerprint density at radius 2 is 2.00 bits per heavy atom. The van der Waals surface area contributed by atoms with E-state index in [-0.39, 0.29) is 17.9 Å². The van der Waals surface area contributed by atoms with E-state index in [1.54, 1.807) is 25.1 Å². The fourth-order valence-electron chi connectivity index (χ4n) is 2.35. The molecule has 5 nitrogen and oxygen atoms in total. The molecule has 0 amide bonds. The summed E-state index contributed by atoms with van der Waals surface area (Å²) in [7, 11) is 1.54. The van der Waals surface area contributed by atoms with Crippen LogP contribution < -0.4 is 10.3 Å². The lowest BCUT2D eigenvalue weighted by atomic mass is 10.1. The van der Waals surface area contributed by atoms with Crippen LogP contribution in [0.25, 0.3) is 10.8 Å². The number of halogens is 1. The quantitative estimate of drug-likeness (QED) is 0.597. The number of aromatic nitrogens is 1. The van der Waals surface area contributed by atoms with Crippen molar-refractivity contribution in [1.82, 2.24) is 4.57 Å². The number of ether oxygens (including phenoxy) is 2. The maximum absolute atomic E-state index is 12.5. The summed E-state index contributed by atoms with van der Waals surface area (Å²) in [4.78, 5) is 24.8. The second-order valence-electron chi connectivity index (χ2n) is 5.15. The molecule has 0 aliphatic carbocycles. The second kappa shape index (κ2) is 7.51. The molecule has 0 saturated heterocycles. The van der Waals surface area contributed by atoms with Gasteiger partial charge in [0.25, 0.3) is 5.56 Å². The Balaban J connectivity index is 2.74. The van der Waals surface area contributed by atoms with Crippen LogP contribution in [0, 0.1) is 0 Å². The van der Waals surface area contributed by atoms with Crippen LogP contribution in [0.4, 0.5) is 0 Å². The Kier molecular flexibility index (Phi) is 5.66. The first-order valence-electron chi connectivity index (χ1n) is 7.63. The van der Waals surface area contributed by atoms with E-state index in [9.17, 15) is 9.59 Å². The normalized spacial score (nSPS) is 10.8. The minimum Gasteiger partial charge on any atom is -0.490 e. The van der Waals surface area contributed by atoms with Crippen LogP contribution in [0.3, 0.4) is 0 Å². The van der Waals surface area contributed by atoms with Crippen molar-refractivity contribution in [3.05, 3.63) is 39.3 Å². The molecule has 2 aromatic rings. The molecule has 0 fully saturated rings. The average molecular weight is 338 g/mol. The SMILES string of the molecule is CCCCOc1c(C(=O)OCC)n(C)c(=O)c2ccc(Cl)cc12. The van der Waals surface area contributed by atoms with Gasteiger partial charge in [0.05, 0.1) is 18.6 Å². The molecule has 6 heteroatoms. The fourth-order valence-corrected chi connectivity index (χ4v) is 2.52. The van der Waals surface area contributed by atoms with E-state index in [1.807, 2.05) is 6.92 Å². The van der Waals surface area contributed by atoms with Crippen molar-refractivity contribution in [1.29, 1.82) is 0 Å². The van der Waals surface area contributed by atoms with E-state index in [0.29, 0.717) is 28.2 Å². The lowest BCUT2D eigenvalue weighted by Gasteiger charge is -2.16. The fraction of sp³-hybridized carbons (Fsp3) is 0.412. The first-order chi connectivity index (χ1) is 11.0. The molecule has 0 aliphatic rings. The second-order valence-corrected chi connectivity index (χ2v) is 5.59. The molecule has 23 heavy (non-hydrogen) atoms. The highest BCUT2D eigenvalue weighted by atomic mass is 35.5. The zero-order chi connectivity index (χ0) is 17.0. The largest absolute Gasteiger partial charge is 0.490 e. The van der Waals surface area contributed by atoms with Crippen LogP contribution in [0.15, 0.2) is 23.0 Å². The van der Waals surface area contributed by atoms with E-state index in [0.717, 1.165) is 12.8 Å². The van der Waals surface area contributed by atoms with Crippen LogP contribution in [0.5, 0.6) is 5.75 Å². The van der Waals surface area contributed by atoms with Crippen molar-refractivity contribution in [2.45, 2.75) is 26.7 Å². The minimum atomic E-state index is -0.583. The molecule has 0 aliphatic heterocycles. The number of unbranched alkanes of at least 4 members (excludes halogenated alkanes) is 1. The molecule has 1 aromatic carbocycles. The highest BCUT2D eigenvalue weighted by molar-refractivity contribution is 6.31. The molecule has 2 rings (SSSR count). The summed E-state index contributed by atoms with van der Waals surface area (Å²) in [6, 6.07) is 4.93. The molecule has 0 spiro atoms. The molecule has 124 valence electrons. The molecule has 0 saturated carbocycles. The molecule has 0 atom stereocenters. The van der Waals surface area contributed by atoms with Crippen LogP contribution in [0.1, 0.15) is 37.2 Å². The highest BCUT2D eigenvalue weighted by Gasteiger charge is 2.23. The van der Waals surface area contributed by atoms with Crippen molar-refractivity contribution in [3.63, 3.8) is 0 Å². The molecule has 1 heterocycles. The van der Waals surface area contributed by atoms with Crippen molar-refractivity contribution in [2.75, 3.05) is 13.2 Å². The summed E-state index contributed by atoms with van der Waals surface area (Å²) in [5.41, 5.74) is -0.176. The van der Waals surface area contributed by atoms with Crippen LogP contribution in [-0.4, -0.2) is 23.8 Å². The number of fused-ring (bicyclic) bond motifs is 1. The Bertz CT molecular complexity index is 782. The monoisotopic (exact) mass is 337 g/mol. The summed E-state index contributed by atoms with van der Waals surface area (Å²) in [5, 5.41) is 1.46. The summed E-state index contributed by atoms with van der Waals surface area (Å²) in [6.07, 6.45) is 1.80. The Morgan fingerprint density at radius 3 is 2.65 bits per heavy atom. The predicted octanol–water partition coefficient (Wildman–Crippen LogP) is 3.55. The first kappa shape index (κ1) is 17.3. The molecule has 0 unspecified atom stereocenters. The van der Waals surface area contributed by atoms with Gasteiger partial charge in [0.1, 0.15) is 0 Å². The van der Waals surface area contributed by atoms with Gasteiger partial charge in [-0.15, -0.1) is 0 Å². The van der Waals surface area contributed by atoms with Crippen LogP contribution in [-0.2, 0) is 11.8 Å². The molecule has 0 N–H and O–H groups in total. The Morgan fingerprint density at radius 1 is 1.26 bits per heavy atom. The third kappa shape index (κ3) is 3.50. The maximum atomic E-state index is 12.5. The Hall–Kier alpha value is -2.01. The van der Waals surface area contributed by atoms with Gasteiger partial charge < -0.3 is 14.0 Å². The summed E-state index contributed by atoms with van der Waals surface area (Å²) < 4.78 is 12.2. The molecular formula is C17H20ClNO4. The topological polar surface area (TPSA) is 57.5 Å². The maximum Gasteiger partial charge on any atom is 0.358 e. The van der Waals surface area contributed by atoms with E-state index >= 15 is 0 Å². The van der Waals surface area contributed by atoms with Crippen molar-refractivity contribution >= 4 is 28.3 Å². The number of pyridine rings is 1. The number of carbonyl (C=O) groups excluding carboxylic acids is 1. The number of hydrogen-bond acceptors (Lipinski definition) is 4. The summed E-state index contributed by atoms with van der Waals surface area (Å²) in [5.74, 6) is -0.239. The number of nitrogens with zero attached hydrogens (tertiary/aromatic N) is 1. The smallest absolute Gasteiger partial charge is 0.358 e. The number of carbonyl (C=O) groups is 1. The van der Waals surface area contributed by atoms with Gasteiger partial charge >= 0.3 is 5.97 Å². The summed E-state index contributed by atoms with van der Waals surface area (Å²) >= 11 is 6.06. The van der Waals surface area contributed by atoms with Crippen molar-refractivity contribution in [2.24, 2.45) is 7.05 Å². The van der Waals surface area contributed by atoms with Gasteiger partial charge in [-0.25, -0.2) is 4.79 Å². The molecule has 0 bridgehead atoms. The van der Waals surface area contributed by atoms with E-state index < -0.39 is 5.97 Å². The van der Waals surface area contributed by atoms with Gasteiger partial charge in [-0.1, -0.05) is 24.9 Å². The molecular weight excluding hydrogens is 318 g/mol. The van der Waals surface area contributed by atoms with E-state index in [1.165, 1.54) is 11.6 Å². The Labute approximate surface area is 139 Å². The average Bonchev–Trinajstić information content (AvgIpc) is 2.52. The van der Waals surface area contributed by atoms with Crippen LogP contribution >= 0.6 is 11.6 Å². The first-order valence-corrected chi connectivity index (χ1v) is 8.01. The van der Waals surface area contributed by atoms with E-state index in [2.05, 4.69) is 0 Å². The standard InChI is InChI=1S/C17H20ClNO4/c1-4-6-9-23-15-13-10-11(18)7-8-12(13)16(20)19(3)14(15)17(21)22-5-2/h7-8,10H,4-6,9H2,1-3H3. The zero-order valence-corrected chi connectivity index (χ0v) is 14.3. The summed E-state index contributed by atoms with van der Waals surface area (Å²) in [6.45, 7) is 4.43. The van der Waals surface area contributed by atoms with Crippen molar-refractivity contribution in [3.8, 4) is 5.75 Å². The number of benzene rings is 1. The number of rotatable bonds is 6. The van der Waals surface area contributed by atoms with E-state index in [4.69, 9.17) is 21.1 Å². The molecule has 1 aromatic heterocycles. The highest BCUT2D eigenvalue weighted by Crippen LogP contribution is 2.30. The molecule has 0 radical (unpaired) electrons. The van der Waals surface area contributed by atoms with Gasteiger partial charge in [-0.2, -0.15) is 0 Å². The lowest BCUT2D eigenvalue weighted by Crippen LogP contribution is -2.26. The zero-order valence-electron chi connectivity index (χ0n) is 13.5. The van der Waals surface area contributed by atoms with Gasteiger partial charge in [0.2, 0.25) is 0 Å². The van der Waals surface area contributed by atoms with Crippen LogP contribution in [0.2, 0.25) is 5.02 Å².